The van der Waals surface area contributed by atoms with Gasteiger partial charge in [0.15, 0.2) is 0 Å². The summed E-state index contributed by atoms with van der Waals surface area (Å²) in [5.41, 5.74) is 7.50. The Morgan fingerprint density at radius 2 is 1.15 bits per heavy atom. The lowest BCUT2D eigenvalue weighted by Gasteiger charge is -2.10. The lowest BCUT2D eigenvalue weighted by molar-refractivity contribution is 0.399. The van der Waals surface area contributed by atoms with E-state index in [0.29, 0.717) is 0 Å². The van der Waals surface area contributed by atoms with Crippen molar-refractivity contribution in [2.24, 2.45) is 11.8 Å². The van der Waals surface area contributed by atoms with Crippen LogP contribution in [0.15, 0.2) is 84.6 Å². The zero-order valence-electron chi connectivity index (χ0n) is 35.7. The molecule has 1 atom stereocenters. The Hall–Kier alpha value is -2.32. The van der Waals surface area contributed by atoms with Gasteiger partial charge in [-0.2, -0.15) is 0 Å². The van der Waals surface area contributed by atoms with Crippen molar-refractivity contribution in [1.82, 2.24) is 5.32 Å². The van der Waals surface area contributed by atoms with Crippen molar-refractivity contribution < 1.29 is 5.11 Å². The van der Waals surface area contributed by atoms with E-state index in [-0.39, 0.29) is 0 Å². The summed E-state index contributed by atoms with van der Waals surface area (Å²) in [6, 6.07) is 8.66. The number of hydrogen-bond acceptors (Lipinski definition) is 2. The van der Waals surface area contributed by atoms with E-state index in [0.717, 1.165) is 43.9 Å². The molecule has 2 N–H and O–H groups in total. The molecule has 0 aliphatic rings. The first-order chi connectivity index (χ1) is 22.8. The van der Waals surface area contributed by atoms with Crippen LogP contribution in [0.1, 0.15) is 172 Å². The molecule has 1 aromatic rings. The first-order valence-corrected chi connectivity index (χ1v) is 19.3. The topological polar surface area (TPSA) is 32.3 Å². The number of hydrogen-bond donors (Lipinski definition) is 2. The highest BCUT2D eigenvalue weighted by atomic mass is 16.2. The summed E-state index contributed by atoms with van der Waals surface area (Å²) in [6.07, 6.45) is 20.2. The Morgan fingerprint density at radius 1 is 0.729 bits per heavy atom. The molecule has 1 rings (SSSR count). The molecular weight excluding hydrogens is 583 g/mol. The zero-order valence-corrected chi connectivity index (χ0v) is 35.7. The Morgan fingerprint density at radius 3 is 1.40 bits per heavy atom. The second-order valence-corrected chi connectivity index (χ2v) is 12.5. The first-order valence-electron chi connectivity index (χ1n) is 19.3. The van der Waals surface area contributed by atoms with Crippen LogP contribution in [0.3, 0.4) is 0 Å². The lowest BCUT2D eigenvalue weighted by Crippen LogP contribution is -2.12. The molecule has 2 nitrogen and oxygen atoms in total. The number of unbranched alkanes of at least 4 members (excludes halogenated alkanes) is 1. The van der Waals surface area contributed by atoms with Crippen molar-refractivity contribution in [2.45, 2.75) is 174 Å². The van der Waals surface area contributed by atoms with Gasteiger partial charge in [-0.1, -0.05) is 199 Å². The summed E-state index contributed by atoms with van der Waals surface area (Å²) < 4.78 is 0. The van der Waals surface area contributed by atoms with Gasteiger partial charge in [-0.05, 0) is 70.9 Å². The molecule has 1 unspecified atom stereocenters. The first kappa shape index (κ1) is 57.9. The molecule has 0 aliphatic carbocycles. The maximum Gasteiger partial charge on any atom is 0.0319 e. The quantitative estimate of drug-likeness (QED) is 0.182. The molecule has 0 bridgehead atoms. The van der Waals surface area contributed by atoms with Crippen LogP contribution in [-0.2, 0) is 6.42 Å². The maximum absolute atomic E-state index is 7.00. The van der Waals surface area contributed by atoms with Crippen molar-refractivity contribution in [2.75, 3.05) is 13.7 Å². The molecule has 1 aromatic carbocycles. The minimum absolute atomic E-state index is 0.931. The monoisotopic (exact) mass is 672 g/mol. The molecule has 0 radical (unpaired) electrons. The molecule has 0 saturated heterocycles. The van der Waals surface area contributed by atoms with Gasteiger partial charge in [0.25, 0.3) is 0 Å². The number of benzene rings is 1. The van der Waals surface area contributed by atoms with Crippen molar-refractivity contribution in [3.63, 3.8) is 0 Å². The van der Waals surface area contributed by atoms with Crippen LogP contribution in [0, 0.1) is 18.8 Å². The summed E-state index contributed by atoms with van der Waals surface area (Å²) >= 11 is 0. The maximum atomic E-state index is 7.00. The molecule has 284 valence electrons. The smallest absolute Gasteiger partial charge is 0.0319 e. The average Bonchev–Trinajstić information content (AvgIpc) is 3.10. The van der Waals surface area contributed by atoms with E-state index in [1.165, 1.54) is 85.8 Å². The van der Waals surface area contributed by atoms with Gasteiger partial charge in [0, 0.05) is 25.8 Å². The van der Waals surface area contributed by atoms with Crippen molar-refractivity contribution in [3.8, 4) is 0 Å². The number of allylic oxidation sites excluding steroid dienone is 6. The van der Waals surface area contributed by atoms with E-state index in [4.69, 9.17) is 5.11 Å². The van der Waals surface area contributed by atoms with E-state index in [2.05, 4.69) is 151 Å². The zero-order chi connectivity index (χ0) is 38.8. The van der Waals surface area contributed by atoms with E-state index in [1.807, 2.05) is 13.8 Å². The normalized spacial score (nSPS) is 10.5. The second-order valence-electron chi connectivity index (χ2n) is 12.5. The van der Waals surface area contributed by atoms with Crippen molar-refractivity contribution >= 4 is 0 Å². The van der Waals surface area contributed by atoms with E-state index in [9.17, 15) is 0 Å². The molecule has 0 fully saturated rings. The molecule has 0 aromatic heterocycles. The van der Waals surface area contributed by atoms with Gasteiger partial charge in [0.1, 0.15) is 0 Å². The highest BCUT2D eigenvalue weighted by molar-refractivity contribution is 5.29. The van der Waals surface area contributed by atoms with Gasteiger partial charge in [0.2, 0.25) is 0 Å². The molecule has 0 amide bonds. The molecule has 0 aliphatic heterocycles. The Balaban J connectivity index is -0.000000113. The van der Waals surface area contributed by atoms with Gasteiger partial charge in [-0.3, -0.25) is 0 Å². The Bertz CT molecular complexity index is 835. The van der Waals surface area contributed by atoms with Gasteiger partial charge in [-0.25, -0.2) is 0 Å². The van der Waals surface area contributed by atoms with Gasteiger partial charge in [-0.15, -0.1) is 0 Å². The van der Waals surface area contributed by atoms with E-state index < -0.39 is 0 Å². The predicted molar refractivity (Wildman–Crippen MR) is 228 cm³/mol. The third-order valence-electron chi connectivity index (χ3n) is 7.57. The Labute approximate surface area is 305 Å². The molecule has 2 heteroatoms. The molecule has 0 heterocycles. The van der Waals surface area contributed by atoms with Crippen LogP contribution >= 0.6 is 0 Å². The fourth-order valence-corrected chi connectivity index (χ4v) is 3.72. The molecule has 0 saturated carbocycles. The minimum Gasteiger partial charge on any atom is -0.400 e. The lowest BCUT2D eigenvalue weighted by atomic mass is 10.0. The Kier molecular flexibility index (Phi) is 59.2. The summed E-state index contributed by atoms with van der Waals surface area (Å²) in [7, 11) is 1.00. The van der Waals surface area contributed by atoms with Gasteiger partial charge in [0.05, 0.1) is 0 Å². The third kappa shape index (κ3) is 53.2. The van der Waals surface area contributed by atoms with Crippen LogP contribution in [0.25, 0.3) is 0 Å². The summed E-state index contributed by atoms with van der Waals surface area (Å²) in [5, 5.41) is 10.3. The summed E-state index contributed by atoms with van der Waals surface area (Å²) in [5.74, 6) is 1.91. The SMILES string of the molecule is C=C(C/C(=C\C)NCC)/C(C)=C/C.C=CC(=C)C.CCCC.CCCC(C)CC.CCCC(C)CCC.CCc1ccc(C)cc1.CO. The number of nitrogens with one attached hydrogen (secondary N) is 1. The number of aliphatic hydroxyl groups excluding tert-OH is 1. The van der Waals surface area contributed by atoms with E-state index >= 15 is 0 Å². The van der Waals surface area contributed by atoms with Crippen molar-refractivity contribution in [1.29, 1.82) is 0 Å². The predicted octanol–water partition coefficient (Wildman–Crippen LogP) is 15.2. The fraction of sp³-hybridized carbons (Fsp3) is 0.652. The fourth-order valence-electron chi connectivity index (χ4n) is 3.72. The molecular formula is C46H89NO. The largest absolute Gasteiger partial charge is 0.400 e. The summed E-state index contributed by atoms with van der Waals surface area (Å²) in [6.45, 7) is 44.5. The van der Waals surface area contributed by atoms with Crippen LogP contribution in [0.4, 0.5) is 0 Å². The van der Waals surface area contributed by atoms with Gasteiger partial charge >= 0.3 is 0 Å². The highest BCUT2D eigenvalue weighted by Crippen LogP contribution is 2.15. The van der Waals surface area contributed by atoms with Crippen molar-refractivity contribution in [3.05, 3.63) is 95.8 Å². The minimum atomic E-state index is 0.931. The van der Waals surface area contributed by atoms with Gasteiger partial charge < -0.3 is 10.4 Å². The van der Waals surface area contributed by atoms with Crippen LogP contribution < -0.4 is 5.32 Å². The van der Waals surface area contributed by atoms with E-state index in [1.54, 1.807) is 6.08 Å². The van der Waals surface area contributed by atoms with Crippen LogP contribution in [-0.4, -0.2) is 18.8 Å². The average molecular weight is 672 g/mol. The van der Waals surface area contributed by atoms with Crippen LogP contribution in [0.5, 0.6) is 0 Å². The number of aliphatic hydroxyl groups is 1. The number of aryl methyl sites for hydroxylation is 2. The molecule has 48 heavy (non-hydrogen) atoms. The summed E-state index contributed by atoms with van der Waals surface area (Å²) in [4.78, 5) is 0. The molecule has 0 spiro atoms. The van der Waals surface area contributed by atoms with Crippen LogP contribution in [0.2, 0.25) is 0 Å². The standard InChI is InChI=1S/C12H21N.C9H12.C8H18.C7H16.C5H8.C4H10.CH4O/c1-6-10(4)11(5)9-12(7-2)13-8-3;1-3-9-6-4-8(2)5-7-9;1-4-6-8(3)7-5-2;1-4-6-7(3)5-2;1-4-5(2)3;1-3-4-2;1-2/h6-7,13H,5,8-9H2,1-4H3;4-7H,3H2,1-2H3;8H,4-7H2,1-3H3;7H,4-6H2,1-3H3;4H,1-2H2,3H3;3-4H2,1-2H3;2H,1H3/b10-6+,12-7+;;;;;;. The second kappa shape index (κ2) is 49.1. The number of rotatable bonds is 15. The highest BCUT2D eigenvalue weighted by Gasteiger charge is 1.99. The third-order valence-corrected chi connectivity index (χ3v) is 7.57.